The van der Waals surface area contributed by atoms with Crippen LogP contribution in [0.25, 0.3) is 0 Å². The SMILES string of the molecule is O=C(CC(CC(=O)c1ccccn1)c1ccc(C=NCCC[Si](O)(O)O)cc1)c1ccccn1. The molecule has 1 aromatic carbocycles. The number of aliphatic imine (C=N–C) groups is 1. The van der Waals surface area contributed by atoms with Crippen LogP contribution in [0.1, 0.15) is 57.3 Å². The molecule has 0 aliphatic carbocycles. The lowest BCUT2D eigenvalue weighted by Gasteiger charge is -2.16. The Kier molecular flexibility index (Phi) is 9.05. The second-order valence-corrected chi connectivity index (χ2v) is 10.0. The van der Waals surface area contributed by atoms with E-state index in [0.717, 1.165) is 11.1 Å². The smallest absolute Gasteiger partial charge is 0.390 e. The first-order valence-electron chi connectivity index (χ1n) is 11.0. The summed E-state index contributed by atoms with van der Waals surface area (Å²) in [5.41, 5.74) is 2.40. The lowest BCUT2D eigenvalue weighted by Crippen LogP contribution is -2.34. The second-order valence-electron chi connectivity index (χ2n) is 7.96. The Bertz CT molecular complexity index is 1050. The number of carbonyl (C=O) groups excluding carboxylic acids is 2. The lowest BCUT2D eigenvalue weighted by molar-refractivity contribution is 0.0939. The fourth-order valence-electron chi connectivity index (χ4n) is 3.45. The molecule has 0 radical (unpaired) electrons. The first-order valence-corrected chi connectivity index (χ1v) is 13.0. The Morgan fingerprint density at radius 3 is 1.88 bits per heavy atom. The fourth-order valence-corrected chi connectivity index (χ4v) is 4.08. The van der Waals surface area contributed by atoms with E-state index in [1.165, 1.54) is 0 Å². The highest BCUT2D eigenvalue weighted by molar-refractivity contribution is 6.56. The summed E-state index contributed by atoms with van der Waals surface area (Å²) in [5, 5.41) is 0. The Morgan fingerprint density at radius 2 is 1.41 bits per heavy atom. The number of benzene rings is 1. The van der Waals surface area contributed by atoms with Crippen molar-refractivity contribution in [3.8, 4) is 0 Å². The highest BCUT2D eigenvalue weighted by Crippen LogP contribution is 2.27. The van der Waals surface area contributed by atoms with Gasteiger partial charge in [-0.3, -0.25) is 24.5 Å². The molecule has 0 aliphatic heterocycles. The second kappa shape index (κ2) is 12.2. The number of hydrogen-bond donors (Lipinski definition) is 3. The van der Waals surface area contributed by atoms with Gasteiger partial charge in [0.15, 0.2) is 11.6 Å². The molecule has 0 fully saturated rings. The van der Waals surface area contributed by atoms with Crippen LogP contribution in [0, 0.1) is 0 Å². The first kappa shape index (κ1) is 25.3. The van der Waals surface area contributed by atoms with E-state index in [1.54, 1.807) is 55.0 Å². The van der Waals surface area contributed by atoms with E-state index in [4.69, 9.17) is 14.4 Å². The predicted molar refractivity (Wildman–Crippen MR) is 130 cm³/mol. The van der Waals surface area contributed by atoms with E-state index in [2.05, 4.69) is 15.0 Å². The Balaban J connectivity index is 1.71. The van der Waals surface area contributed by atoms with Crippen LogP contribution in [0.3, 0.4) is 0 Å². The maximum Gasteiger partial charge on any atom is 0.492 e. The topological polar surface area (TPSA) is 133 Å². The van der Waals surface area contributed by atoms with E-state index < -0.39 is 8.80 Å². The number of ketones is 2. The van der Waals surface area contributed by atoms with Gasteiger partial charge in [0.1, 0.15) is 11.4 Å². The highest BCUT2D eigenvalue weighted by Gasteiger charge is 2.25. The van der Waals surface area contributed by atoms with Gasteiger partial charge in [-0.25, -0.2) is 0 Å². The molecule has 0 unspecified atom stereocenters. The molecular formula is C25H27N3O5Si. The molecule has 0 aliphatic rings. The molecule has 0 saturated heterocycles. The van der Waals surface area contributed by atoms with Crippen LogP contribution in [-0.4, -0.2) is 57.5 Å². The Morgan fingerprint density at radius 1 is 0.853 bits per heavy atom. The molecule has 34 heavy (non-hydrogen) atoms. The van der Waals surface area contributed by atoms with Gasteiger partial charge in [0, 0.05) is 44.0 Å². The quantitative estimate of drug-likeness (QED) is 0.158. The van der Waals surface area contributed by atoms with Crippen LogP contribution in [0.4, 0.5) is 0 Å². The van der Waals surface area contributed by atoms with Gasteiger partial charge in [-0.05, 0) is 47.7 Å². The summed E-state index contributed by atoms with van der Waals surface area (Å²) in [6, 6.07) is 17.7. The van der Waals surface area contributed by atoms with E-state index in [-0.39, 0.29) is 36.4 Å². The average molecular weight is 478 g/mol. The minimum Gasteiger partial charge on any atom is -0.390 e. The number of aromatic nitrogens is 2. The Hall–Kier alpha value is -3.37. The normalized spacial score (nSPS) is 11.8. The monoisotopic (exact) mass is 477 g/mol. The third-order valence-corrected chi connectivity index (χ3v) is 6.24. The van der Waals surface area contributed by atoms with Gasteiger partial charge in [-0.1, -0.05) is 36.4 Å². The Labute approximate surface area is 199 Å². The van der Waals surface area contributed by atoms with Crippen molar-refractivity contribution in [2.75, 3.05) is 6.54 Å². The molecular weight excluding hydrogens is 450 g/mol. The zero-order valence-corrected chi connectivity index (χ0v) is 19.6. The summed E-state index contributed by atoms with van der Waals surface area (Å²) >= 11 is 0. The third-order valence-electron chi connectivity index (χ3n) is 5.21. The van der Waals surface area contributed by atoms with Gasteiger partial charge in [0.05, 0.1) is 0 Å². The average Bonchev–Trinajstić information content (AvgIpc) is 2.84. The van der Waals surface area contributed by atoms with Crippen LogP contribution >= 0.6 is 0 Å². The zero-order chi connectivity index (χ0) is 24.4. The van der Waals surface area contributed by atoms with E-state index >= 15 is 0 Å². The number of Topliss-reactive ketones (excluding diaryl/α,β-unsaturated/α-hetero) is 2. The maximum atomic E-state index is 12.8. The van der Waals surface area contributed by atoms with Crippen molar-refractivity contribution in [3.63, 3.8) is 0 Å². The summed E-state index contributed by atoms with van der Waals surface area (Å²) < 4.78 is 0. The molecule has 3 N–H and O–H groups in total. The fraction of sp³-hybridized carbons (Fsp3) is 0.240. The molecule has 0 amide bonds. The van der Waals surface area contributed by atoms with Crippen molar-refractivity contribution in [1.82, 2.24) is 9.97 Å². The first-order chi connectivity index (χ1) is 16.3. The number of carbonyl (C=O) groups is 2. The van der Waals surface area contributed by atoms with Crippen LogP contribution in [-0.2, 0) is 0 Å². The van der Waals surface area contributed by atoms with Gasteiger partial charge in [0.25, 0.3) is 0 Å². The number of hydrogen-bond acceptors (Lipinski definition) is 8. The minimum absolute atomic E-state index is 0.0560. The standard InChI is InChI=1S/C25H27N3O5Si/c29-24(22-6-1-3-13-27-22)16-21(17-25(30)23-7-2-4-14-28-23)20-10-8-19(9-11-20)18-26-12-5-15-34(31,32)33/h1-4,6-11,13-14,18,21,31-33H,5,12,15-17H2. The summed E-state index contributed by atoms with van der Waals surface area (Å²) in [6.45, 7) is 0.359. The zero-order valence-electron chi connectivity index (χ0n) is 18.6. The molecule has 2 aromatic heterocycles. The van der Waals surface area contributed by atoms with Crippen molar-refractivity contribution < 1.29 is 24.0 Å². The molecule has 3 aromatic rings. The van der Waals surface area contributed by atoms with E-state index in [9.17, 15) is 9.59 Å². The van der Waals surface area contributed by atoms with Crippen LogP contribution in [0.2, 0.25) is 6.04 Å². The van der Waals surface area contributed by atoms with Crippen LogP contribution < -0.4 is 0 Å². The van der Waals surface area contributed by atoms with Gasteiger partial charge in [0.2, 0.25) is 0 Å². The van der Waals surface area contributed by atoms with Gasteiger partial charge < -0.3 is 14.4 Å². The summed E-state index contributed by atoms with van der Waals surface area (Å²) in [6.07, 6.45) is 5.44. The van der Waals surface area contributed by atoms with Crippen molar-refractivity contribution in [2.24, 2.45) is 4.99 Å². The van der Waals surface area contributed by atoms with E-state index in [0.29, 0.717) is 24.4 Å². The number of nitrogens with zero attached hydrogens (tertiary/aromatic N) is 3. The molecule has 0 bridgehead atoms. The van der Waals surface area contributed by atoms with E-state index in [1.807, 2.05) is 24.3 Å². The van der Waals surface area contributed by atoms with Crippen molar-refractivity contribution in [3.05, 3.63) is 95.6 Å². The van der Waals surface area contributed by atoms with Crippen LogP contribution in [0.15, 0.2) is 78.0 Å². The van der Waals surface area contributed by atoms with Gasteiger partial charge in [-0.2, -0.15) is 0 Å². The molecule has 0 saturated carbocycles. The van der Waals surface area contributed by atoms with Crippen molar-refractivity contribution in [2.45, 2.75) is 31.2 Å². The minimum atomic E-state index is -4.02. The third kappa shape index (κ3) is 8.20. The number of rotatable bonds is 12. The summed E-state index contributed by atoms with van der Waals surface area (Å²) in [4.78, 5) is 65.2. The molecule has 176 valence electrons. The molecule has 8 nitrogen and oxygen atoms in total. The van der Waals surface area contributed by atoms with Gasteiger partial charge in [-0.15, -0.1) is 0 Å². The maximum absolute atomic E-state index is 12.8. The molecule has 0 atom stereocenters. The predicted octanol–water partition coefficient (Wildman–Crippen LogP) is 2.83. The molecule has 0 spiro atoms. The van der Waals surface area contributed by atoms with Crippen molar-refractivity contribution >= 4 is 26.6 Å². The molecule has 2 heterocycles. The highest BCUT2D eigenvalue weighted by atomic mass is 28.4. The van der Waals surface area contributed by atoms with Crippen LogP contribution in [0.5, 0.6) is 0 Å². The largest absolute Gasteiger partial charge is 0.492 e. The van der Waals surface area contributed by atoms with Gasteiger partial charge >= 0.3 is 8.80 Å². The van der Waals surface area contributed by atoms with Crippen molar-refractivity contribution in [1.29, 1.82) is 0 Å². The number of pyridine rings is 2. The molecule has 3 rings (SSSR count). The summed E-state index contributed by atoms with van der Waals surface area (Å²) in [7, 11) is -4.02. The lowest BCUT2D eigenvalue weighted by atomic mass is 9.87. The molecule has 9 heteroatoms. The summed E-state index contributed by atoms with van der Waals surface area (Å²) in [5.74, 6) is -0.616.